The molecule has 1 aromatic carbocycles. The Hall–Kier alpha value is -1.28. The molecule has 0 fully saturated rings. The van der Waals surface area contributed by atoms with E-state index in [1.807, 2.05) is 24.3 Å². The van der Waals surface area contributed by atoms with Crippen LogP contribution in [-0.2, 0) is 0 Å². The highest BCUT2D eigenvalue weighted by molar-refractivity contribution is 5.60. The fourth-order valence-corrected chi connectivity index (χ4v) is 1.38. The molecule has 1 aromatic rings. The van der Waals surface area contributed by atoms with Gasteiger partial charge in [0.25, 0.3) is 0 Å². The van der Waals surface area contributed by atoms with E-state index in [4.69, 9.17) is 5.73 Å². The minimum atomic E-state index is 0.0387. The predicted molar refractivity (Wildman–Crippen MR) is 64.6 cm³/mol. The number of benzene rings is 1. The lowest BCUT2D eigenvalue weighted by atomic mass is 9.85. The average Bonchev–Trinajstić information content (AvgIpc) is 2.14. The van der Waals surface area contributed by atoms with Crippen LogP contribution in [0.25, 0.3) is 6.08 Å². The minimum Gasteiger partial charge on any atom is -0.507 e. The van der Waals surface area contributed by atoms with Crippen molar-refractivity contribution in [3.05, 3.63) is 35.4 Å². The molecule has 15 heavy (non-hydrogen) atoms. The topological polar surface area (TPSA) is 46.2 Å². The first-order valence-corrected chi connectivity index (χ1v) is 5.14. The van der Waals surface area contributed by atoms with Gasteiger partial charge in [0.15, 0.2) is 0 Å². The summed E-state index contributed by atoms with van der Waals surface area (Å²) in [5.41, 5.74) is 7.70. The van der Waals surface area contributed by atoms with Crippen molar-refractivity contribution in [1.82, 2.24) is 0 Å². The van der Waals surface area contributed by atoms with Gasteiger partial charge in [0.1, 0.15) is 5.75 Å². The first-order valence-electron chi connectivity index (χ1n) is 5.14. The maximum absolute atomic E-state index is 9.64. The lowest BCUT2D eigenvalue weighted by Crippen LogP contribution is -2.17. The highest BCUT2D eigenvalue weighted by atomic mass is 16.3. The summed E-state index contributed by atoms with van der Waals surface area (Å²) in [5, 5.41) is 9.64. The molecule has 2 nitrogen and oxygen atoms in total. The number of phenols is 1. The van der Waals surface area contributed by atoms with Gasteiger partial charge in [-0.15, -0.1) is 0 Å². The van der Waals surface area contributed by atoms with Crippen molar-refractivity contribution in [2.75, 3.05) is 6.54 Å². The van der Waals surface area contributed by atoms with Gasteiger partial charge in [-0.3, -0.25) is 0 Å². The Morgan fingerprint density at radius 1 is 1.33 bits per heavy atom. The second kappa shape index (κ2) is 4.49. The normalized spacial score (nSPS) is 12.9. The molecule has 82 valence electrons. The van der Waals surface area contributed by atoms with Gasteiger partial charge in [0, 0.05) is 12.1 Å². The lowest BCUT2D eigenvalue weighted by Gasteiger charge is -2.22. The van der Waals surface area contributed by atoms with Gasteiger partial charge in [-0.2, -0.15) is 0 Å². The predicted octanol–water partition coefficient (Wildman–Crippen LogP) is 2.78. The van der Waals surface area contributed by atoms with Crippen molar-refractivity contribution in [2.45, 2.75) is 20.8 Å². The summed E-state index contributed by atoms with van der Waals surface area (Å²) < 4.78 is 0. The van der Waals surface area contributed by atoms with Crippen LogP contribution in [0.3, 0.4) is 0 Å². The highest BCUT2D eigenvalue weighted by Crippen LogP contribution is 2.28. The van der Waals surface area contributed by atoms with E-state index in [-0.39, 0.29) is 5.41 Å². The first-order chi connectivity index (χ1) is 6.95. The van der Waals surface area contributed by atoms with E-state index in [0.29, 0.717) is 12.3 Å². The summed E-state index contributed by atoms with van der Waals surface area (Å²) in [5.74, 6) is 0.299. The van der Waals surface area contributed by atoms with Gasteiger partial charge in [-0.1, -0.05) is 50.6 Å². The fraction of sp³-hybridized carbons (Fsp3) is 0.385. The number of aromatic hydroxyl groups is 1. The molecule has 0 radical (unpaired) electrons. The molecule has 0 unspecified atom stereocenters. The molecule has 0 aromatic heterocycles. The lowest BCUT2D eigenvalue weighted by molar-refractivity contribution is 0.473. The van der Waals surface area contributed by atoms with Crippen LogP contribution < -0.4 is 5.73 Å². The average molecular weight is 205 g/mol. The number of hydrogen-bond acceptors (Lipinski definition) is 2. The Morgan fingerprint density at radius 3 is 2.40 bits per heavy atom. The van der Waals surface area contributed by atoms with E-state index < -0.39 is 0 Å². The molecule has 0 bridgehead atoms. The molecule has 3 N–H and O–H groups in total. The standard InChI is InChI=1S/C13H19NO/c1-13(2,3)11(9-14)8-10-6-4-5-7-12(10)15/h4-8,15H,9,14H2,1-3H3/b11-8+. The molecule has 0 amide bonds. The molecular formula is C13H19NO. The number of nitrogens with two attached hydrogens (primary N) is 1. The van der Waals surface area contributed by atoms with Crippen molar-refractivity contribution in [1.29, 1.82) is 0 Å². The van der Waals surface area contributed by atoms with Crippen LogP contribution in [-0.4, -0.2) is 11.7 Å². The maximum atomic E-state index is 9.64. The molecule has 0 aliphatic heterocycles. The summed E-state index contributed by atoms with van der Waals surface area (Å²) in [7, 11) is 0. The van der Waals surface area contributed by atoms with Crippen LogP contribution in [0.5, 0.6) is 5.75 Å². The van der Waals surface area contributed by atoms with Crippen LogP contribution >= 0.6 is 0 Å². The van der Waals surface area contributed by atoms with Crippen LogP contribution in [0, 0.1) is 5.41 Å². The van der Waals surface area contributed by atoms with E-state index in [2.05, 4.69) is 20.8 Å². The molecule has 0 heterocycles. The number of hydrogen-bond donors (Lipinski definition) is 2. The van der Waals surface area contributed by atoms with Crippen molar-refractivity contribution in [2.24, 2.45) is 11.1 Å². The zero-order chi connectivity index (χ0) is 11.5. The Balaban J connectivity index is 3.10. The minimum absolute atomic E-state index is 0.0387. The summed E-state index contributed by atoms with van der Waals surface area (Å²) >= 11 is 0. The quantitative estimate of drug-likeness (QED) is 0.779. The van der Waals surface area contributed by atoms with Gasteiger partial charge in [0.05, 0.1) is 0 Å². The third-order valence-corrected chi connectivity index (χ3v) is 2.45. The van der Waals surface area contributed by atoms with Gasteiger partial charge in [-0.25, -0.2) is 0 Å². The van der Waals surface area contributed by atoms with Crippen molar-refractivity contribution < 1.29 is 5.11 Å². The van der Waals surface area contributed by atoms with Crippen molar-refractivity contribution >= 4 is 6.08 Å². The maximum Gasteiger partial charge on any atom is 0.122 e. The molecule has 0 aliphatic rings. The second-order valence-corrected chi connectivity index (χ2v) is 4.68. The van der Waals surface area contributed by atoms with Crippen LogP contribution in [0.15, 0.2) is 29.8 Å². The molecule has 0 saturated heterocycles. The molecular weight excluding hydrogens is 186 g/mol. The van der Waals surface area contributed by atoms with E-state index in [9.17, 15) is 5.11 Å². The molecule has 0 aliphatic carbocycles. The van der Waals surface area contributed by atoms with Crippen LogP contribution in [0.1, 0.15) is 26.3 Å². The Bertz CT molecular complexity index is 361. The number of phenolic OH excluding ortho intramolecular Hbond substituents is 1. The third kappa shape index (κ3) is 3.10. The first kappa shape index (κ1) is 11.8. The molecule has 2 heteroatoms. The zero-order valence-corrected chi connectivity index (χ0v) is 9.62. The number of para-hydroxylation sites is 1. The van der Waals surface area contributed by atoms with E-state index in [0.717, 1.165) is 11.1 Å². The fourth-order valence-electron chi connectivity index (χ4n) is 1.38. The van der Waals surface area contributed by atoms with Crippen LogP contribution in [0.4, 0.5) is 0 Å². The smallest absolute Gasteiger partial charge is 0.122 e. The Morgan fingerprint density at radius 2 is 1.93 bits per heavy atom. The van der Waals surface area contributed by atoms with Gasteiger partial charge < -0.3 is 10.8 Å². The van der Waals surface area contributed by atoms with Gasteiger partial charge in [0.2, 0.25) is 0 Å². The second-order valence-electron chi connectivity index (χ2n) is 4.68. The molecule has 0 spiro atoms. The van der Waals surface area contributed by atoms with E-state index >= 15 is 0 Å². The Labute approximate surface area is 91.4 Å². The number of rotatable bonds is 2. The van der Waals surface area contributed by atoms with E-state index in [1.165, 1.54) is 0 Å². The highest BCUT2D eigenvalue weighted by Gasteiger charge is 2.15. The van der Waals surface area contributed by atoms with Gasteiger partial charge >= 0.3 is 0 Å². The summed E-state index contributed by atoms with van der Waals surface area (Å²) in [4.78, 5) is 0. The van der Waals surface area contributed by atoms with Crippen molar-refractivity contribution in [3.8, 4) is 5.75 Å². The largest absolute Gasteiger partial charge is 0.507 e. The summed E-state index contributed by atoms with van der Waals surface area (Å²) in [6, 6.07) is 7.29. The Kier molecular flexibility index (Phi) is 3.53. The third-order valence-electron chi connectivity index (χ3n) is 2.45. The van der Waals surface area contributed by atoms with E-state index in [1.54, 1.807) is 6.07 Å². The van der Waals surface area contributed by atoms with Crippen LogP contribution in [0.2, 0.25) is 0 Å². The zero-order valence-electron chi connectivity index (χ0n) is 9.62. The monoisotopic (exact) mass is 205 g/mol. The van der Waals surface area contributed by atoms with Gasteiger partial charge in [-0.05, 0) is 11.5 Å². The molecule has 0 saturated carbocycles. The summed E-state index contributed by atoms with van der Waals surface area (Å²) in [6.45, 7) is 6.86. The molecule has 1 rings (SSSR count). The van der Waals surface area contributed by atoms with Crippen molar-refractivity contribution in [3.63, 3.8) is 0 Å². The SMILES string of the molecule is CC(C)(C)/C(=C/c1ccccc1O)CN. The summed E-state index contributed by atoms with van der Waals surface area (Å²) in [6.07, 6.45) is 1.97. The molecule has 0 atom stereocenters.